The van der Waals surface area contributed by atoms with Crippen LogP contribution >= 0.6 is 11.8 Å². The first-order valence-corrected chi connectivity index (χ1v) is 10.7. The number of amides is 1. The van der Waals surface area contributed by atoms with E-state index in [1.165, 1.54) is 30.1 Å². The molecule has 0 aliphatic heterocycles. The topological polar surface area (TPSA) is 85.1 Å². The minimum Gasteiger partial charge on any atom is -0.272 e. The Morgan fingerprint density at radius 3 is 2.50 bits per heavy atom. The van der Waals surface area contributed by atoms with Crippen LogP contribution in [0.4, 0.5) is 4.39 Å². The van der Waals surface area contributed by atoms with Crippen LogP contribution in [-0.2, 0) is 4.79 Å². The summed E-state index contributed by atoms with van der Waals surface area (Å²) in [5.74, 6) is 0.137. The summed E-state index contributed by atoms with van der Waals surface area (Å²) < 4.78 is 14.9. The fraction of sp³-hybridized carbons (Fsp3) is 0.0870. The predicted octanol–water partition coefficient (Wildman–Crippen LogP) is 4.02. The number of aryl methyl sites for hydroxylation is 1. The molecule has 1 amide bonds. The molecule has 32 heavy (non-hydrogen) atoms. The molecule has 0 spiro atoms. The average molecular weight is 447 g/mol. The van der Waals surface area contributed by atoms with Crippen molar-refractivity contribution in [3.63, 3.8) is 0 Å². The molecule has 0 atom stereocenters. The van der Waals surface area contributed by atoms with Gasteiger partial charge < -0.3 is 0 Å². The molecule has 0 radical (unpaired) electrons. The summed E-state index contributed by atoms with van der Waals surface area (Å²) >= 11 is 1.26. The Morgan fingerprint density at radius 2 is 1.78 bits per heavy atom. The smallest absolute Gasteiger partial charge is 0.250 e. The summed E-state index contributed by atoms with van der Waals surface area (Å²) in [4.78, 5) is 16.3. The summed E-state index contributed by atoms with van der Waals surface area (Å²) in [5.41, 5.74) is 6.05. The monoisotopic (exact) mass is 446 g/mol. The first-order chi connectivity index (χ1) is 15.6. The Kier molecular flexibility index (Phi) is 6.66. The first-order valence-electron chi connectivity index (χ1n) is 9.73. The fourth-order valence-electron chi connectivity index (χ4n) is 2.87. The van der Waals surface area contributed by atoms with Crippen LogP contribution in [-0.4, -0.2) is 37.6 Å². The second kappa shape index (κ2) is 9.97. The Hall–Kier alpha value is -3.85. The fourth-order valence-corrected chi connectivity index (χ4v) is 3.61. The zero-order valence-corrected chi connectivity index (χ0v) is 18.0. The van der Waals surface area contributed by atoms with E-state index in [4.69, 9.17) is 0 Å². The lowest BCUT2D eigenvalue weighted by molar-refractivity contribution is -0.118. The molecule has 0 saturated heterocycles. The van der Waals surface area contributed by atoms with E-state index in [0.717, 1.165) is 16.8 Å². The zero-order chi connectivity index (χ0) is 22.3. The Labute approximate surface area is 188 Å². The van der Waals surface area contributed by atoms with Gasteiger partial charge in [0.2, 0.25) is 0 Å². The number of nitrogens with zero attached hydrogens (tertiary/aromatic N) is 5. The maximum Gasteiger partial charge on any atom is 0.250 e. The first kappa shape index (κ1) is 21.4. The van der Waals surface area contributed by atoms with Crippen LogP contribution in [0.3, 0.4) is 0 Å². The van der Waals surface area contributed by atoms with Gasteiger partial charge in [0.15, 0.2) is 11.0 Å². The maximum absolute atomic E-state index is 13.0. The number of hydrogen-bond donors (Lipinski definition) is 1. The van der Waals surface area contributed by atoms with E-state index in [0.29, 0.717) is 16.5 Å². The number of nitrogens with one attached hydrogen (secondary N) is 1. The number of hydrogen-bond acceptors (Lipinski definition) is 6. The number of hydrazone groups is 1. The van der Waals surface area contributed by atoms with E-state index < -0.39 is 0 Å². The van der Waals surface area contributed by atoms with Crippen molar-refractivity contribution >= 4 is 23.9 Å². The molecule has 9 heteroatoms. The van der Waals surface area contributed by atoms with Gasteiger partial charge in [0.05, 0.1) is 12.0 Å². The lowest BCUT2D eigenvalue weighted by Crippen LogP contribution is -2.20. The van der Waals surface area contributed by atoms with Gasteiger partial charge >= 0.3 is 0 Å². The maximum atomic E-state index is 13.0. The lowest BCUT2D eigenvalue weighted by atomic mass is 10.2. The van der Waals surface area contributed by atoms with Crippen molar-refractivity contribution in [1.82, 2.24) is 25.2 Å². The number of carbonyl (C=O) groups is 1. The van der Waals surface area contributed by atoms with E-state index in [1.807, 2.05) is 47.9 Å². The van der Waals surface area contributed by atoms with E-state index in [9.17, 15) is 9.18 Å². The van der Waals surface area contributed by atoms with Crippen LogP contribution in [0.2, 0.25) is 0 Å². The highest BCUT2D eigenvalue weighted by Gasteiger charge is 2.17. The van der Waals surface area contributed by atoms with Crippen molar-refractivity contribution in [3.05, 3.63) is 90.0 Å². The number of pyridine rings is 1. The second-order valence-corrected chi connectivity index (χ2v) is 7.79. The molecule has 0 aliphatic carbocycles. The predicted molar refractivity (Wildman–Crippen MR) is 122 cm³/mol. The van der Waals surface area contributed by atoms with E-state index in [-0.39, 0.29) is 17.5 Å². The molecule has 0 fully saturated rings. The summed E-state index contributed by atoms with van der Waals surface area (Å²) in [6, 6.07) is 17.5. The van der Waals surface area contributed by atoms with Crippen molar-refractivity contribution in [3.8, 4) is 17.1 Å². The molecule has 2 aromatic heterocycles. The van der Waals surface area contributed by atoms with Crippen LogP contribution in [0.25, 0.3) is 17.1 Å². The summed E-state index contributed by atoms with van der Waals surface area (Å²) in [6.45, 7) is 2.02. The SMILES string of the molecule is Cc1ccc(-n2c(SCC(=O)N/N=C/c3ccc(F)cc3)nnc2-c2ccncc2)cc1. The van der Waals surface area contributed by atoms with Gasteiger partial charge in [-0.3, -0.25) is 14.3 Å². The summed E-state index contributed by atoms with van der Waals surface area (Å²) in [5, 5.41) is 13.1. The quantitative estimate of drug-likeness (QED) is 0.263. The van der Waals surface area contributed by atoms with E-state index in [2.05, 4.69) is 25.7 Å². The van der Waals surface area contributed by atoms with Gasteiger partial charge in [-0.05, 0) is 48.9 Å². The van der Waals surface area contributed by atoms with Crippen LogP contribution in [0.1, 0.15) is 11.1 Å². The van der Waals surface area contributed by atoms with Crippen molar-refractivity contribution in [2.45, 2.75) is 12.1 Å². The Morgan fingerprint density at radius 1 is 1.06 bits per heavy atom. The minimum atomic E-state index is -0.327. The Balaban J connectivity index is 1.49. The molecule has 0 bridgehead atoms. The van der Waals surface area contributed by atoms with E-state index >= 15 is 0 Å². The normalized spacial score (nSPS) is 11.1. The van der Waals surface area contributed by atoms with Gasteiger partial charge in [0.1, 0.15) is 5.82 Å². The third-order valence-electron chi connectivity index (χ3n) is 4.47. The van der Waals surface area contributed by atoms with E-state index in [1.54, 1.807) is 24.5 Å². The number of carbonyl (C=O) groups excluding carboxylic acids is 1. The number of benzene rings is 2. The van der Waals surface area contributed by atoms with Crippen LogP contribution in [0.5, 0.6) is 0 Å². The standard InChI is InChI=1S/C23H19FN6OS/c1-16-2-8-20(9-3-16)30-22(18-10-12-25-13-11-18)28-29-23(30)32-15-21(31)27-26-14-17-4-6-19(24)7-5-17/h2-14H,15H2,1H3,(H,27,31)/b26-14+. The highest BCUT2D eigenvalue weighted by Crippen LogP contribution is 2.27. The van der Waals surface area contributed by atoms with Crippen LogP contribution < -0.4 is 5.43 Å². The van der Waals surface area contributed by atoms with Crippen molar-refractivity contribution in [2.24, 2.45) is 5.10 Å². The molecule has 2 aromatic carbocycles. The highest BCUT2D eigenvalue weighted by molar-refractivity contribution is 7.99. The number of thioether (sulfide) groups is 1. The molecule has 0 aliphatic rings. The lowest BCUT2D eigenvalue weighted by Gasteiger charge is -2.10. The molecule has 0 saturated carbocycles. The van der Waals surface area contributed by atoms with Crippen molar-refractivity contribution in [2.75, 3.05) is 5.75 Å². The van der Waals surface area contributed by atoms with Crippen LogP contribution in [0.15, 0.2) is 83.3 Å². The summed E-state index contributed by atoms with van der Waals surface area (Å²) in [6.07, 6.45) is 4.85. The van der Waals surface area contributed by atoms with Crippen molar-refractivity contribution < 1.29 is 9.18 Å². The second-order valence-electron chi connectivity index (χ2n) is 6.85. The van der Waals surface area contributed by atoms with Crippen LogP contribution in [0, 0.1) is 12.7 Å². The zero-order valence-electron chi connectivity index (χ0n) is 17.1. The van der Waals surface area contributed by atoms with Gasteiger partial charge in [-0.2, -0.15) is 5.10 Å². The molecule has 160 valence electrons. The van der Waals surface area contributed by atoms with Crippen molar-refractivity contribution in [1.29, 1.82) is 0 Å². The molecule has 2 heterocycles. The third-order valence-corrected chi connectivity index (χ3v) is 5.40. The summed E-state index contributed by atoms with van der Waals surface area (Å²) in [7, 11) is 0. The molecule has 4 rings (SSSR count). The largest absolute Gasteiger partial charge is 0.272 e. The number of rotatable bonds is 7. The van der Waals surface area contributed by atoms with Gasteiger partial charge in [-0.25, -0.2) is 9.82 Å². The molecule has 1 N–H and O–H groups in total. The highest BCUT2D eigenvalue weighted by atomic mass is 32.2. The van der Waals surface area contributed by atoms with Gasteiger partial charge in [-0.1, -0.05) is 41.6 Å². The molecular weight excluding hydrogens is 427 g/mol. The molecular formula is C23H19FN6OS. The van der Waals surface area contributed by atoms with Gasteiger partial charge in [-0.15, -0.1) is 10.2 Å². The minimum absolute atomic E-state index is 0.0983. The van der Waals surface area contributed by atoms with Gasteiger partial charge in [0.25, 0.3) is 5.91 Å². The number of aromatic nitrogens is 4. The number of halogens is 1. The average Bonchev–Trinajstić information content (AvgIpc) is 3.24. The molecule has 4 aromatic rings. The third kappa shape index (κ3) is 5.25. The van der Waals surface area contributed by atoms with Gasteiger partial charge in [0, 0.05) is 23.6 Å². The Bertz CT molecular complexity index is 1220. The molecule has 7 nitrogen and oxygen atoms in total. The molecule has 0 unspecified atom stereocenters.